The van der Waals surface area contributed by atoms with Crippen molar-refractivity contribution < 1.29 is 4.92 Å². The highest BCUT2D eigenvalue weighted by molar-refractivity contribution is 9.10. The number of nitrogens with zero attached hydrogens (tertiary/aromatic N) is 2. The van der Waals surface area contributed by atoms with Crippen LogP contribution in [0.1, 0.15) is 25.7 Å². The summed E-state index contributed by atoms with van der Waals surface area (Å²) in [6.45, 7) is 0. The monoisotopic (exact) mass is 339 g/mol. The fraction of sp³-hybridized carbons (Fsp3) is 0.571. The average molecular weight is 340 g/mol. The second kappa shape index (κ2) is 5.33. The van der Waals surface area contributed by atoms with E-state index in [9.17, 15) is 10.1 Å². The molecule has 2 fully saturated rings. The molecule has 0 saturated carbocycles. The molecule has 1 aromatic rings. The molecule has 3 rings (SSSR count). The first-order chi connectivity index (χ1) is 9.54. The Kier molecular flexibility index (Phi) is 3.69. The summed E-state index contributed by atoms with van der Waals surface area (Å²) in [4.78, 5) is 12.9. The lowest BCUT2D eigenvalue weighted by Gasteiger charge is -2.37. The Labute approximate surface area is 126 Å². The summed E-state index contributed by atoms with van der Waals surface area (Å²) in [7, 11) is 2.22. The van der Waals surface area contributed by atoms with Gasteiger partial charge in [-0.3, -0.25) is 10.1 Å². The highest BCUT2D eigenvalue weighted by Gasteiger charge is 2.38. The SMILES string of the molecule is CN1C2CCC1CC(Nc1ccc([N+](=O)[O-])c(Br)c1)C2. The minimum atomic E-state index is -0.371. The Hall–Kier alpha value is -1.14. The molecule has 0 aromatic heterocycles. The van der Waals surface area contributed by atoms with Crippen molar-refractivity contribution in [3.63, 3.8) is 0 Å². The number of fused-ring (bicyclic) bond motifs is 2. The highest BCUT2D eigenvalue weighted by Crippen LogP contribution is 2.36. The standard InChI is InChI=1S/C14H18BrN3O2/c1-17-11-3-4-12(17)7-10(6-11)16-9-2-5-14(18(19)20)13(15)8-9/h2,5,8,10-12,16H,3-4,6-7H2,1H3. The Morgan fingerprint density at radius 1 is 1.35 bits per heavy atom. The third kappa shape index (κ3) is 2.54. The van der Waals surface area contributed by atoms with Crippen molar-refractivity contribution in [1.82, 2.24) is 4.90 Å². The summed E-state index contributed by atoms with van der Waals surface area (Å²) < 4.78 is 0.531. The van der Waals surface area contributed by atoms with Gasteiger partial charge < -0.3 is 10.2 Å². The first-order valence-electron chi connectivity index (χ1n) is 6.97. The molecule has 1 N–H and O–H groups in total. The van der Waals surface area contributed by atoms with Crippen molar-refractivity contribution in [3.8, 4) is 0 Å². The lowest BCUT2D eigenvalue weighted by Crippen LogP contribution is -2.44. The van der Waals surface area contributed by atoms with Crippen LogP contribution in [0.15, 0.2) is 22.7 Å². The van der Waals surface area contributed by atoms with Crippen LogP contribution in [0.3, 0.4) is 0 Å². The minimum Gasteiger partial charge on any atom is -0.382 e. The molecule has 2 atom stereocenters. The molecule has 20 heavy (non-hydrogen) atoms. The molecule has 2 unspecified atom stereocenters. The van der Waals surface area contributed by atoms with Crippen LogP contribution in [0, 0.1) is 10.1 Å². The summed E-state index contributed by atoms with van der Waals surface area (Å²) in [6, 6.07) is 7.00. The first kappa shape index (κ1) is 13.8. The van der Waals surface area contributed by atoms with Gasteiger partial charge in [-0.15, -0.1) is 0 Å². The number of nitrogens with one attached hydrogen (secondary N) is 1. The lowest BCUT2D eigenvalue weighted by molar-refractivity contribution is -0.385. The predicted molar refractivity (Wildman–Crippen MR) is 82.0 cm³/mol. The molecule has 108 valence electrons. The second-order valence-corrected chi connectivity index (χ2v) is 6.64. The molecule has 0 aliphatic carbocycles. The van der Waals surface area contributed by atoms with Crippen LogP contribution < -0.4 is 5.32 Å². The van der Waals surface area contributed by atoms with E-state index in [0.717, 1.165) is 18.5 Å². The van der Waals surface area contributed by atoms with E-state index in [2.05, 4.69) is 33.2 Å². The van der Waals surface area contributed by atoms with Gasteiger partial charge >= 0.3 is 0 Å². The van der Waals surface area contributed by atoms with Crippen LogP contribution in [0.25, 0.3) is 0 Å². The molecule has 1 aromatic carbocycles. The van der Waals surface area contributed by atoms with Crippen molar-refractivity contribution in [2.45, 2.75) is 43.8 Å². The van der Waals surface area contributed by atoms with E-state index in [1.807, 2.05) is 0 Å². The van der Waals surface area contributed by atoms with Gasteiger partial charge in [0.2, 0.25) is 0 Å². The van der Waals surface area contributed by atoms with E-state index in [1.165, 1.54) is 12.8 Å². The molecule has 2 heterocycles. The Balaban J connectivity index is 1.70. The third-order valence-electron chi connectivity index (χ3n) is 4.61. The molecule has 0 radical (unpaired) electrons. The number of benzene rings is 1. The molecule has 2 aliphatic rings. The summed E-state index contributed by atoms with van der Waals surface area (Å²) in [5, 5.41) is 14.3. The first-order valence-corrected chi connectivity index (χ1v) is 7.76. The van der Waals surface area contributed by atoms with Gasteiger partial charge in [0.15, 0.2) is 0 Å². The molecule has 2 bridgehead atoms. The third-order valence-corrected chi connectivity index (χ3v) is 5.25. The number of nitro benzene ring substituents is 1. The minimum absolute atomic E-state index is 0.110. The van der Waals surface area contributed by atoms with E-state index in [4.69, 9.17) is 0 Å². The normalized spacial score (nSPS) is 29.4. The summed E-state index contributed by atoms with van der Waals surface area (Å²) in [6.07, 6.45) is 4.90. The van der Waals surface area contributed by atoms with Crippen LogP contribution in [-0.2, 0) is 0 Å². The summed E-state index contributed by atoms with van der Waals surface area (Å²) >= 11 is 3.27. The van der Waals surface area contributed by atoms with Gasteiger partial charge in [0.25, 0.3) is 5.69 Å². The quantitative estimate of drug-likeness (QED) is 0.677. The molecule has 0 amide bonds. The van der Waals surface area contributed by atoms with Gasteiger partial charge in [-0.1, -0.05) is 0 Å². The fourth-order valence-corrected chi connectivity index (χ4v) is 4.03. The average Bonchev–Trinajstić information content (AvgIpc) is 2.62. The van der Waals surface area contributed by atoms with Crippen molar-refractivity contribution in [3.05, 3.63) is 32.8 Å². The number of rotatable bonds is 3. The molecule has 5 nitrogen and oxygen atoms in total. The van der Waals surface area contributed by atoms with Gasteiger partial charge in [-0.05, 0) is 60.8 Å². The molecular formula is C14H18BrN3O2. The maximum atomic E-state index is 10.8. The van der Waals surface area contributed by atoms with Crippen LogP contribution in [0.2, 0.25) is 0 Å². The number of nitro groups is 1. The zero-order chi connectivity index (χ0) is 14.3. The van der Waals surface area contributed by atoms with E-state index >= 15 is 0 Å². The van der Waals surface area contributed by atoms with Crippen molar-refractivity contribution >= 4 is 27.3 Å². The van der Waals surface area contributed by atoms with Crippen molar-refractivity contribution in [2.24, 2.45) is 0 Å². The van der Waals surface area contributed by atoms with Crippen LogP contribution in [-0.4, -0.2) is 35.0 Å². The van der Waals surface area contributed by atoms with E-state index in [0.29, 0.717) is 22.6 Å². The largest absolute Gasteiger partial charge is 0.382 e. The maximum absolute atomic E-state index is 10.8. The zero-order valence-electron chi connectivity index (χ0n) is 11.4. The molecular weight excluding hydrogens is 322 g/mol. The smallest absolute Gasteiger partial charge is 0.283 e. The second-order valence-electron chi connectivity index (χ2n) is 5.79. The van der Waals surface area contributed by atoms with Crippen LogP contribution in [0.4, 0.5) is 11.4 Å². The van der Waals surface area contributed by atoms with Gasteiger partial charge in [-0.2, -0.15) is 0 Å². The summed E-state index contributed by atoms with van der Waals surface area (Å²) in [5.41, 5.74) is 1.07. The molecule has 6 heteroatoms. The molecule has 0 spiro atoms. The van der Waals surface area contributed by atoms with Crippen LogP contribution in [0.5, 0.6) is 0 Å². The molecule has 2 saturated heterocycles. The van der Waals surface area contributed by atoms with Gasteiger partial charge in [0.1, 0.15) is 0 Å². The Morgan fingerprint density at radius 2 is 2.00 bits per heavy atom. The van der Waals surface area contributed by atoms with E-state index in [1.54, 1.807) is 18.2 Å². The number of piperidine rings is 1. The van der Waals surface area contributed by atoms with Crippen molar-refractivity contribution in [1.29, 1.82) is 0 Å². The Bertz CT molecular complexity index is 523. The number of halogens is 1. The van der Waals surface area contributed by atoms with E-state index in [-0.39, 0.29) is 10.6 Å². The topological polar surface area (TPSA) is 58.4 Å². The number of anilines is 1. The summed E-state index contributed by atoms with van der Waals surface area (Å²) in [5.74, 6) is 0. The lowest BCUT2D eigenvalue weighted by atomic mass is 9.98. The Morgan fingerprint density at radius 3 is 2.55 bits per heavy atom. The number of hydrogen-bond acceptors (Lipinski definition) is 4. The highest BCUT2D eigenvalue weighted by atomic mass is 79.9. The number of hydrogen-bond donors (Lipinski definition) is 1. The van der Waals surface area contributed by atoms with Crippen molar-refractivity contribution in [2.75, 3.05) is 12.4 Å². The van der Waals surface area contributed by atoms with Gasteiger partial charge in [0, 0.05) is 29.9 Å². The van der Waals surface area contributed by atoms with E-state index < -0.39 is 0 Å². The zero-order valence-corrected chi connectivity index (χ0v) is 13.0. The fourth-order valence-electron chi connectivity index (χ4n) is 3.51. The predicted octanol–water partition coefficient (Wildman–Crippen LogP) is 3.39. The van der Waals surface area contributed by atoms with Gasteiger partial charge in [0.05, 0.1) is 9.40 Å². The van der Waals surface area contributed by atoms with Gasteiger partial charge in [-0.25, -0.2) is 0 Å². The maximum Gasteiger partial charge on any atom is 0.283 e. The molecule has 2 aliphatic heterocycles. The van der Waals surface area contributed by atoms with Crippen LogP contribution >= 0.6 is 15.9 Å².